The van der Waals surface area contributed by atoms with Crippen molar-refractivity contribution in [2.75, 3.05) is 32.6 Å². The number of urea groups is 1. The summed E-state index contributed by atoms with van der Waals surface area (Å²) in [5, 5.41) is 13.2. The Balaban J connectivity index is 1.69. The minimum absolute atomic E-state index is 0.00657. The molecule has 2 N–H and O–H groups in total. The Kier molecular flexibility index (Phi) is 7.79. The first-order chi connectivity index (χ1) is 14.8. The van der Waals surface area contributed by atoms with Crippen LogP contribution in [0, 0.1) is 0 Å². The van der Waals surface area contributed by atoms with E-state index in [1.165, 1.54) is 11.9 Å². The van der Waals surface area contributed by atoms with Crippen molar-refractivity contribution in [3.8, 4) is 5.75 Å². The number of nitrogens with one attached hydrogen (secondary N) is 1. The number of fused-ring (bicyclic) bond motifs is 1. The Hall–Kier alpha value is -2.31. The number of benzene rings is 1. The molecule has 3 unspecified atom stereocenters. The lowest BCUT2D eigenvalue weighted by molar-refractivity contribution is -0.139. The minimum Gasteiger partial charge on any atom is -0.491 e. The van der Waals surface area contributed by atoms with E-state index in [1.54, 1.807) is 24.0 Å². The van der Waals surface area contributed by atoms with E-state index in [9.17, 15) is 19.5 Å². The average Bonchev–Trinajstić information content (AvgIpc) is 3.09. The van der Waals surface area contributed by atoms with E-state index in [4.69, 9.17) is 9.47 Å². The van der Waals surface area contributed by atoms with Gasteiger partial charge in [0.25, 0.3) is 5.91 Å². The second-order valence-electron chi connectivity index (χ2n) is 6.84. The summed E-state index contributed by atoms with van der Waals surface area (Å²) < 4.78 is 11.5. The van der Waals surface area contributed by atoms with E-state index < -0.39 is 36.2 Å². The van der Waals surface area contributed by atoms with Crippen LogP contribution >= 0.6 is 27.7 Å². The highest BCUT2D eigenvalue weighted by atomic mass is 79.9. The summed E-state index contributed by atoms with van der Waals surface area (Å²) in [6, 6.07) is 5.81. The topological polar surface area (TPSA) is 121 Å². The van der Waals surface area contributed by atoms with Crippen LogP contribution in [0.4, 0.5) is 4.79 Å². The van der Waals surface area contributed by atoms with Gasteiger partial charge in [-0.2, -0.15) is 0 Å². The van der Waals surface area contributed by atoms with E-state index >= 15 is 0 Å². The van der Waals surface area contributed by atoms with Gasteiger partial charge in [-0.1, -0.05) is 27.7 Å². The van der Waals surface area contributed by atoms with Crippen LogP contribution in [0.1, 0.15) is 6.92 Å². The van der Waals surface area contributed by atoms with Crippen LogP contribution in [0.5, 0.6) is 5.75 Å². The number of carbonyl (C=O) groups excluding carboxylic acids is 3. The molecule has 1 fully saturated rings. The van der Waals surface area contributed by atoms with E-state index in [0.717, 1.165) is 16.2 Å². The van der Waals surface area contributed by atoms with Gasteiger partial charge in [0.15, 0.2) is 17.4 Å². The van der Waals surface area contributed by atoms with E-state index in [2.05, 4.69) is 26.2 Å². The predicted octanol–water partition coefficient (Wildman–Crippen LogP) is 1.03. The molecule has 3 atom stereocenters. The lowest BCUT2D eigenvalue weighted by Crippen LogP contribution is -2.64. The van der Waals surface area contributed by atoms with Crippen molar-refractivity contribution in [3.63, 3.8) is 0 Å². The van der Waals surface area contributed by atoms with Gasteiger partial charge in [-0.05, 0) is 31.2 Å². The Morgan fingerprint density at radius 3 is 2.74 bits per heavy atom. The van der Waals surface area contributed by atoms with Gasteiger partial charge in [-0.25, -0.2) is 9.79 Å². The molecule has 168 valence electrons. The second-order valence-corrected chi connectivity index (χ2v) is 8.70. The summed E-state index contributed by atoms with van der Waals surface area (Å²) in [5.74, 6) is -0.344. The molecule has 0 bridgehead atoms. The zero-order valence-corrected chi connectivity index (χ0v) is 19.4. The summed E-state index contributed by atoms with van der Waals surface area (Å²) in [5.41, 5.74) is 0. The summed E-state index contributed by atoms with van der Waals surface area (Å²) in [6.45, 7) is 1.99. The number of aliphatic imine (C=N–C) groups is 1. The number of imide groups is 1. The highest BCUT2D eigenvalue weighted by Gasteiger charge is 2.49. The minimum atomic E-state index is -0.952. The predicted molar refractivity (Wildman–Crippen MR) is 118 cm³/mol. The van der Waals surface area contributed by atoms with Crippen LogP contribution in [0.15, 0.2) is 33.7 Å². The Morgan fingerprint density at radius 2 is 2.06 bits per heavy atom. The SMILES string of the molecule is CCOC(=O)CSC1=NC2C(C(=O)NC(=O)N2C)N1CC(O)COc1ccc(Br)cc1. The molecule has 0 aliphatic carbocycles. The molecule has 10 nitrogen and oxygen atoms in total. The number of amidine groups is 1. The third-order valence-electron chi connectivity index (χ3n) is 4.61. The molecule has 3 rings (SSSR count). The maximum atomic E-state index is 12.5. The number of halogens is 1. The van der Waals surface area contributed by atoms with E-state index in [1.807, 2.05) is 12.1 Å². The first-order valence-electron chi connectivity index (χ1n) is 9.57. The maximum absolute atomic E-state index is 12.5. The standard InChI is InChI=1S/C19H23BrN4O6S/c1-3-29-14(26)10-31-19-21-16-15(17(27)22-18(28)23(16)2)24(19)8-12(25)9-30-13-6-4-11(20)5-7-13/h4-7,12,15-16,25H,3,8-10H2,1-2H3,(H,22,27,28). The number of aliphatic hydroxyl groups excluding tert-OH is 1. The van der Waals surface area contributed by atoms with Crippen molar-refractivity contribution in [1.82, 2.24) is 15.1 Å². The molecule has 2 heterocycles. The highest BCUT2D eigenvalue weighted by Crippen LogP contribution is 2.29. The Bertz CT molecular complexity index is 867. The lowest BCUT2D eigenvalue weighted by atomic mass is 10.1. The van der Waals surface area contributed by atoms with Crippen molar-refractivity contribution < 1.29 is 29.0 Å². The van der Waals surface area contributed by atoms with Crippen LogP contribution in [0.3, 0.4) is 0 Å². The number of hydrogen-bond acceptors (Lipinski definition) is 9. The number of aliphatic hydroxyl groups is 1. The van der Waals surface area contributed by atoms with Gasteiger partial charge in [-0.15, -0.1) is 0 Å². The number of β-amino-alcohol motifs (C(OH)–C–C–N with tert-alkyl or cyclic N) is 1. The fourth-order valence-corrected chi connectivity index (χ4v) is 4.27. The third-order valence-corrected chi connectivity index (χ3v) is 6.12. The zero-order chi connectivity index (χ0) is 22.5. The molecular formula is C19H23BrN4O6S. The lowest BCUT2D eigenvalue weighted by Gasteiger charge is -2.36. The summed E-state index contributed by atoms with van der Waals surface area (Å²) in [7, 11) is 1.53. The maximum Gasteiger partial charge on any atom is 0.325 e. The van der Waals surface area contributed by atoms with E-state index in [-0.39, 0.29) is 25.5 Å². The van der Waals surface area contributed by atoms with Gasteiger partial charge < -0.3 is 24.4 Å². The highest BCUT2D eigenvalue weighted by molar-refractivity contribution is 9.10. The zero-order valence-electron chi connectivity index (χ0n) is 17.0. The second kappa shape index (κ2) is 10.3. The molecule has 3 amide bonds. The van der Waals surface area contributed by atoms with Crippen LogP contribution in [0.2, 0.25) is 0 Å². The molecule has 31 heavy (non-hydrogen) atoms. The molecule has 0 radical (unpaired) electrons. The summed E-state index contributed by atoms with van der Waals surface area (Å²) >= 11 is 4.44. The number of nitrogens with zero attached hydrogens (tertiary/aromatic N) is 3. The molecule has 12 heteroatoms. The fraction of sp³-hybridized carbons (Fsp3) is 0.474. The van der Waals surface area contributed by atoms with Crippen LogP contribution in [0.25, 0.3) is 0 Å². The first-order valence-corrected chi connectivity index (χ1v) is 11.3. The third kappa shape index (κ3) is 5.69. The van der Waals surface area contributed by atoms with Crippen LogP contribution in [-0.4, -0.2) is 88.9 Å². The van der Waals surface area contributed by atoms with Gasteiger partial charge in [0.2, 0.25) is 0 Å². The summed E-state index contributed by atoms with van der Waals surface area (Å²) in [4.78, 5) is 43.7. The van der Waals surface area contributed by atoms with Gasteiger partial charge in [0, 0.05) is 11.5 Å². The number of thioether (sulfide) groups is 1. The molecule has 1 aromatic carbocycles. The van der Waals surface area contributed by atoms with Gasteiger partial charge in [-0.3, -0.25) is 14.9 Å². The number of hydrogen-bond donors (Lipinski definition) is 2. The van der Waals surface area contributed by atoms with Crippen LogP contribution < -0.4 is 10.1 Å². The fourth-order valence-electron chi connectivity index (χ4n) is 3.14. The number of amides is 3. The van der Waals surface area contributed by atoms with Gasteiger partial charge in [0.1, 0.15) is 18.5 Å². The molecule has 0 aromatic heterocycles. The molecular weight excluding hydrogens is 492 g/mol. The molecule has 0 spiro atoms. The molecule has 0 saturated carbocycles. The normalized spacial score (nSPS) is 21.4. The Morgan fingerprint density at radius 1 is 1.35 bits per heavy atom. The number of rotatable bonds is 8. The Labute approximate surface area is 192 Å². The van der Waals surface area contributed by atoms with Crippen LogP contribution in [-0.2, 0) is 14.3 Å². The number of esters is 1. The quantitative estimate of drug-likeness (QED) is 0.493. The number of ether oxygens (including phenoxy) is 2. The van der Waals surface area contributed by atoms with Crippen molar-refractivity contribution in [2.24, 2.45) is 4.99 Å². The average molecular weight is 515 g/mol. The van der Waals surface area contributed by atoms with Crippen molar-refractivity contribution in [2.45, 2.75) is 25.2 Å². The molecule has 2 aliphatic rings. The smallest absolute Gasteiger partial charge is 0.325 e. The molecule has 2 aliphatic heterocycles. The molecule has 1 saturated heterocycles. The number of likely N-dealkylation sites (N-methyl/N-ethyl adjacent to an activating group) is 1. The summed E-state index contributed by atoms with van der Waals surface area (Å²) in [6.07, 6.45) is -1.70. The van der Waals surface area contributed by atoms with E-state index in [0.29, 0.717) is 10.9 Å². The first kappa shape index (κ1) is 23.4. The van der Waals surface area contributed by atoms with Gasteiger partial charge in [0.05, 0.1) is 18.9 Å². The van der Waals surface area contributed by atoms with Gasteiger partial charge >= 0.3 is 12.0 Å². The van der Waals surface area contributed by atoms with Crippen molar-refractivity contribution >= 4 is 50.8 Å². The largest absolute Gasteiger partial charge is 0.491 e. The van der Waals surface area contributed by atoms with Crippen molar-refractivity contribution in [3.05, 3.63) is 28.7 Å². The molecule has 1 aromatic rings. The monoisotopic (exact) mass is 514 g/mol. The number of carbonyl (C=O) groups is 3. The van der Waals surface area contributed by atoms with Crippen molar-refractivity contribution in [1.29, 1.82) is 0 Å².